The highest BCUT2D eigenvalue weighted by atomic mass is 79.9. The molecule has 3 unspecified atom stereocenters. The first-order valence-corrected chi connectivity index (χ1v) is 11.6. The molecule has 11 heteroatoms. The van der Waals surface area contributed by atoms with Gasteiger partial charge in [0.2, 0.25) is 5.91 Å². The van der Waals surface area contributed by atoms with Crippen molar-refractivity contribution in [2.24, 2.45) is 0 Å². The maximum absolute atomic E-state index is 12.5. The van der Waals surface area contributed by atoms with E-state index in [1.54, 1.807) is 16.7 Å². The number of nitrogens with zero attached hydrogens (tertiary/aromatic N) is 2. The number of hydrogen-bond donors (Lipinski definition) is 2. The molecule has 1 aliphatic carbocycles. The number of alkyl halides is 1. The Morgan fingerprint density at radius 2 is 1.58 bits per heavy atom. The maximum atomic E-state index is 12.5. The van der Waals surface area contributed by atoms with Crippen LogP contribution in [0.15, 0.2) is 0 Å². The highest BCUT2D eigenvalue weighted by molar-refractivity contribution is 9.09. The van der Waals surface area contributed by atoms with Crippen LogP contribution in [0.2, 0.25) is 0 Å². The second kappa shape index (κ2) is 14.4. The number of hydrogen-bond acceptors (Lipinski definition) is 8. The Bertz CT molecular complexity index is 602. The van der Waals surface area contributed by atoms with Crippen molar-refractivity contribution in [3.8, 4) is 0 Å². The minimum atomic E-state index is -1.04. The van der Waals surface area contributed by atoms with Crippen molar-refractivity contribution >= 4 is 39.7 Å². The Morgan fingerprint density at radius 3 is 2.06 bits per heavy atom. The van der Waals surface area contributed by atoms with Gasteiger partial charge >= 0.3 is 17.9 Å². The standard InChI is InChI=1S/C20H34BrN3O7/c1-14(20(28)29)24(11-17(25)22-10-6-9-21)16-8-5-4-7-15(16)23(12-18(26)30-2)13-19(27)31-3/h14-16H,4-13H2,1-3H3,(H,22,25)(H,28,29). The number of carboxylic acid groups (broad SMARTS) is 1. The van der Waals surface area contributed by atoms with E-state index < -0.39 is 23.9 Å². The zero-order valence-electron chi connectivity index (χ0n) is 18.5. The number of amides is 1. The number of aliphatic carboxylic acids is 1. The van der Waals surface area contributed by atoms with Gasteiger partial charge in [0.1, 0.15) is 6.04 Å². The van der Waals surface area contributed by atoms with Gasteiger partial charge in [-0.25, -0.2) is 0 Å². The zero-order chi connectivity index (χ0) is 23.4. The van der Waals surface area contributed by atoms with Crippen LogP contribution >= 0.6 is 15.9 Å². The van der Waals surface area contributed by atoms with E-state index in [1.807, 2.05) is 0 Å². The van der Waals surface area contributed by atoms with Gasteiger partial charge in [0.05, 0.1) is 33.9 Å². The summed E-state index contributed by atoms with van der Waals surface area (Å²) in [4.78, 5) is 51.6. The van der Waals surface area contributed by atoms with Crippen molar-refractivity contribution in [2.75, 3.05) is 45.7 Å². The van der Waals surface area contributed by atoms with Crippen LogP contribution in [-0.4, -0.2) is 103 Å². The average molecular weight is 508 g/mol. The monoisotopic (exact) mass is 507 g/mol. The molecule has 1 saturated carbocycles. The molecule has 1 rings (SSSR count). The molecule has 0 saturated heterocycles. The van der Waals surface area contributed by atoms with Gasteiger partial charge in [-0.3, -0.25) is 29.0 Å². The first kappa shape index (κ1) is 27.3. The molecule has 0 radical (unpaired) electrons. The smallest absolute Gasteiger partial charge is 0.320 e. The highest BCUT2D eigenvalue weighted by Gasteiger charge is 2.39. The second-order valence-corrected chi connectivity index (χ2v) is 8.35. The molecule has 0 aliphatic heterocycles. The van der Waals surface area contributed by atoms with Gasteiger partial charge in [-0.1, -0.05) is 28.8 Å². The molecule has 1 fully saturated rings. The molecular formula is C20H34BrN3O7. The van der Waals surface area contributed by atoms with Crippen molar-refractivity contribution in [3.05, 3.63) is 0 Å². The number of carbonyl (C=O) groups is 4. The van der Waals surface area contributed by atoms with Crippen LogP contribution in [0.3, 0.4) is 0 Å². The molecule has 1 amide bonds. The molecule has 0 aromatic heterocycles. The quantitative estimate of drug-likeness (QED) is 0.209. The first-order valence-electron chi connectivity index (χ1n) is 10.4. The van der Waals surface area contributed by atoms with Crippen molar-refractivity contribution < 1.29 is 33.8 Å². The molecule has 2 N–H and O–H groups in total. The lowest BCUT2D eigenvalue weighted by atomic mass is 9.87. The van der Waals surface area contributed by atoms with Gasteiger partial charge in [-0.15, -0.1) is 0 Å². The van der Waals surface area contributed by atoms with Gasteiger partial charge in [-0.2, -0.15) is 0 Å². The molecule has 0 bridgehead atoms. The molecular weight excluding hydrogens is 474 g/mol. The van der Waals surface area contributed by atoms with E-state index in [4.69, 9.17) is 9.47 Å². The summed E-state index contributed by atoms with van der Waals surface area (Å²) in [6, 6.07) is -1.54. The number of carboxylic acids is 1. The van der Waals surface area contributed by atoms with Crippen LogP contribution in [-0.2, 0) is 28.7 Å². The highest BCUT2D eigenvalue weighted by Crippen LogP contribution is 2.29. The van der Waals surface area contributed by atoms with Crippen LogP contribution in [0.4, 0.5) is 0 Å². The van der Waals surface area contributed by atoms with E-state index in [0.717, 1.165) is 24.6 Å². The maximum Gasteiger partial charge on any atom is 0.320 e. The predicted molar refractivity (Wildman–Crippen MR) is 117 cm³/mol. The van der Waals surface area contributed by atoms with E-state index in [9.17, 15) is 24.3 Å². The van der Waals surface area contributed by atoms with Crippen molar-refractivity contribution in [1.82, 2.24) is 15.1 Å². The molecule has 178 valence electrons. The minimum Gasteiger partial charge on any atom is -0.480 e. The first-order chi connectivity index (χ1) is 14.7. The van der Waals surface area contributed by atoms with Crippen LogP contribution in [0.5, 0.6) is 0 Å². The molecule has 31 heavy (non-hydrogen) atoms. The predicted octanol–water partition coefficient (Wildman–Crippen LogP) is 0.622. The number of carbonyl (C=O) groups excluding carboxylic acids is 3. The Kier molecular flexibility index (Phi) is 12.7. The lowest BCUT2D eigenvalue weighted by Crippen LogP contribution is -2.60. The Balaban J connectivity index is 3.14. The molecule has 3 atom stereocenters. The third kappa shape index (κ3) is 9.12. The van der Waals surface area contributed by atoms with Gasteiger partial charge in [0.15, 0.2) is 0 Å². The van der Waals surface area contributed by atoms with E-state index in [0.29, 0.717) is 19.4 Å². The third-order valence-corrected chi connectivity index (χ3v) is 6.08. The number of halogens is 1. The summed E-state index contributed by atoms with van der Waals surface area (Å²) < 4.78 is 9.56. The Hall–Kier alpha value is -1.72. The number of methoxy groups -OCH3 is 2. The summed E-state index contributed by atoms with van der Waals surface area (Å²) in [5, 5.41) is 13.2. The van der Waals surface area contributed by atoms with Crippen LogP contribution in [0, 0.1) is 0 Å². The number of ether oxygens (including phenoxy) is 2. The van der Waals surface area contributed by atoms with E-state index >= 15 is 0 Å². The number of esters is 2. The molecule has 0 aromatic rings. The summed E-state index contributed by atoms with van der Waals surface area (Å²) in [6.45, 7) is 1.70. The molecule has 1 aliphatic rings. The van der Waals surface area contributed by atoms with E-state index in [-0.39, 0.29) is 37.6 Å². The zero-order valence-corrected chi connectivity index (χ0v) is 20.1. The molecule has 0 aromatic carbocycles. The summed E-state index contributed by atoms with van der Waals surface area (Å²) >= 11 is 3.31. The number of rotatable bonds is 13. The van der Waals surface area contributed by atoms with E-state index in [2.05, 4.69) is 21.2 Å². The third-order valence-electron chi connectivity index (χ3n) is 5.52. The minimum absolute atomic E-state index is 0.0821. The SMILES string of the molecule is COC(=O)CN(CC(=O)OC)C1CCCCC1N(CC(=O)NCCCBr)C(C)C(=O)O. The normalized spacial score (nSPS) is 19.7. The van der Waals surface area contributed by atoms with Crippen LogP contribution in [0.1, 0.15) is 39.0 Å². The van der Waals surface area contributed by atoms with E-state index in [1.165, 1.54) is 14.2 Å². The summed E-state index contributed by atoms with van der Waals surface area (Å²) in [7, 11) is 2.54. The fraction of sp³-hybridized carbons (Fsp3) is 0.800. The molecule has 0 spiro atoms. The second-order valence-electron chi connectivity index (χ2n) is 7.56. The topological polar surface area (TPSA) is 125 Å². The fourth-order valence-corrected chi connectivity index (χ4v) is 4.14. The molecule has 10 nitrogen and oxygen atoms in total. The summed E-state index contributed by atoms with van der Waals surface area (Å²) in [6.07, 6.45) is 3.80. The van der Waals surface area contributed by atoms with Gasteiger partial charge in [0.25, 0.3) is 0 Å². The lowest BCUT2D eigenvalue weighted by Gasteiger charge is -2.45. The van der Waals surface area contributed by atoms with Crippen molar-refractivity contribution in [2.45, 2.75) is 57.2 Å². The van der Waals surface area contributed by atoms with Gasteiger partial charge < -0.3 is 19.9 Å². The van der Waals surface area contributed by atoms with Gasteiger partial charge in [-0.05, 0) is 26.2 Å². The molecule has 0 heterocycles. The van der Waals surface area contributed by atoms with Crippen LogP contribution < -0.4 is 5.32 Å². The average Bonchev–Trinajstić information content (AvgIpc) is 2.76. The summed E-state index contributed by atoms with van der Waals surface area (Å²) in [5.74, 6) is -2.30. The van der Waals surface area contributed by atoms with Crippen LogP contribution in [0.25, 0.3) is 0 Å². The van der Waals surface area contributed by atoms with Crippen molar-refractivity contribution in [1.29, 1.82) is 0 Å². The summed E-state index contributed by atoms with van der Waals surface area (Å²) in [5.41, 5.74) is 0. The fourth-order valence-electron chi connectivity index (χ4n) is 3.86. The number of nitrogens with one attached hydrogen (secondary N) is 1. The lowest BCUT2D eigenvalue weighted by molar-refractivity contribution is -0.151. The Morgan fingerprint density at radius 1 is 1.03 bits per heavy atom. The van der Waals surface area contributed by atoms with Gasteiger partial charge in [0, 0.05) is 24.0 Å². The largest absolute Gasteiger partial charge is 0.480 e. The van der Waals surface area contributed by atoms with Crippen molar-refractivity contribution in [3.63, 3.8) is 0 Å². The Labute approximate surface area is 191 Å².